The molecule has 0 saturated carbocycles. The van der Waals surface area contributed by atoms with Gasteiger partial charge in [-0.2, -0.15) is 0 Å². The number of benzene rings is 1. The molecule has 0 aliphatic heterocycles. The van der Waals surface area contributed by atoms with Crippen LogP contribution in [0.1, 0.15) is 39.7 Å². The molecule has 5 nitrogen and oxygen atoms in total. The van der Waals surface area contributed by atoms with Gasteiger partial charge in [-0.1, -0.05) is 30.3 Å². The number of hydrogen-bond donors (Lipinski definition) is 1. The Labute approximate surface area is 130 Å². The molecule has 0 spiro atoms. The normalized spacial score (nSPS) is 11.7. The van der Waals surface area contributed by atoms with Crippen LogP contribution in [0.3, 0.4) is 0 Å². The standard InChI is InChI=1S/C17H21NO4/c1-12(19)18-14(10-13-8-6-5-7-9-13)15(20)11-16(21)22-17(2,3)4/h5-10H,11H2,1-4H3,(H,18,19)/b14-10-. The summed E-state index contributed by atoms with van der Waals surface area (Å²) >= 11 is 0. The monoisotopic (exact) mass is 303 g/mol. The van der Waals surface area contributed by atoms with Crippen LogP contribution >= 0.6 is 0 Å². The minimum atomic E-state index is -0.658. The maximum Gasteiger partial charge on any atom is 0.314 e. The summed E-state index contributed by atoms with van der Waals surface area (Å²) in [6.45, 7) is 6.48. The molecule has 5 heteroatoms. The quantitative estimate of drug-likeness (QED) is 0.515. The van der Waals surface area contributed by atoms with E-state index in [1.165, 1.54) is 13.0 Å². The minimum absolute atomic E-state index is 0.0737. The molecule has 0 radical (unpaired) electrons. The first-order valence-corrected chi connectivity index (χ1v) is 6.97. The van der Waals surface area contributed by atoms with Gasteiger partial charge in [-0.3, -0.25) is 14.4 Å². The largest absolute Gasteiger partial charge is 0.460 e. The van der Waals surface area contributed by atoms with Crippen LogP contribution in [0.4, 0.5) is 0 Å². The molecule has 1 aromatic rings. The van der Waals surface area contributed by atoms with Gasteiger partial charge in [-0.25, -0.2) is 0 Å². The van der Waals surface area contributed by atoms with Crippen LogP contribution in [0, 0.1) is 0 Å². The first kappa shape index (κ1) is 17.6. The number of ketones is 1. The summed E-state index contributed by atoms with van der Waals surface area (Å²) < 4.78 is 5.11. The molecule has 0 heterocycles. The SMILES string of the molecule is CC(=O)N/C(=C\c1ccccc1)C(=O)CC(=O)OC(C)(C)C. The van der Waals surface area contributed by atoms with Gasteiger partial charge in [0.25, 0.3) is 0 Å². The molecule has 0 fully saturated rings. The Bertz CT molecular complexity index is 582. The maximum atomic E-state index is 12.2. The number of amides is 1. The van der Waals surface area contributed by atoms with Crippen molar-refractivity contribution in [1.82, 2.24) is 5.32 Å². The number of nitrogens with one attached hydrogen (secondary N) is 1. The fraction of sp³-hybridized carbons (Fsp3) is 0.353. The van der Waals surface area contributed by atoms with E-state index in [9.17, 15) is 14.4 Å². The number of esters is 1. The summed E-state index contributed by atoms with van der Waals surface area (Å²) in [6.07, 6.45) is 1.12. The predicted molar refractivity (Wildman–Crippen MR) is 83.7 cm³/mol. The Morgan fingerprint density at radius 3 is 2.23 bits per heavy atom. The minimum Gasteiger partial charge on any atom is -0.460 e. The molecular formula is C17H21NO4. The number of carbonyl (C=O) groups excluding carboxylic acids is 3. The first-order valence-electron chi connectivity index (χ1n) is 6.97. The van der Waals surface area contributed by atoms with Crippen molar-refractivity contribution < 1.29 is 19.1 Å². The smallest absolute Gasteiger partial charge is 0.314 e. The van der Waals surface area contributed by atoms with Gasteiger partial charge in [-0.05, 0) is 32.4 Å². The molecule has 0 aliphatic carbocycles. The van der Waals surface area contributed by atoms with Crippen molar-refractivity contribution >= 4 is 23.7 Å². The van der Waals surface area contributed by atoms with Gasteiger partial charge in [0.2, 0.25) is 5.91 Å². The molecular weight excluding hydrogens is 282 g/mol. The first-order chi connectivity index (χ1) is 10.2. The summed E-state index contributed by atoms with van der Waals surface area (Å²) in [4.78, 5) is 35.2. The molecule has 1 aromatic carbocycles. The van der Waals surface area contributed by atoms with Crippen LogP contribution in [-0.4, -0.2) is 23.3 Å². The number of ether oxygens (including phenoxy) is 1. The van der Waals surface area contributed by atoms with Crippen molar-refractivity contribution in [3.05, 3.63) is 41.6 Å². The summed E-state index contributed by atoms with van der Waals surface area (Å²) in [5.74, 6) is -1.49. The van der Waals surface area contributed by atoms with Gasteiger partial charge in [0.05, 0.1) is 5.70 Å². The highest BCUT2D eigenvalue weighted by Crippen LogP contribution is 2.11. The van der Waals surface area contributed by atoms with Gasteiger partial charge in [-0.15, -0.1) is 0 Å². The van der Waals surface area contributed by atoms with Crippen molar-refractivity contribution in [3.63, 3.8) is 0 Å². The molecule has 0 unspecified atom stereocenters. The summed E-state index contributed by atoms with van der Waals surface area (Å²) in [6, 6.07) is 9.06. The van der Waals surface area contributed by atoms with Crippen molar-refractivity contribution in [2.75, 3.05) is 0 Å². The average molecular weight is 303 g/mol. The van der Waals surface area contributed by atoms with Crippen molar-refractivity contribution in [2.45, 2.75) is 39.7 Å². The fourth-order valence-electron chi connectivity index (χ4n) is 1.70. The van der Waals surface area contributed by atoms with E-state index >= 15 is 0 Å². The lowest BCUT2D eigenvalue weighted by Gasteiger charge is -2.19. The second-order valence-corrected chi connectivity index (χ2v) is 5.84. The zero-order valence-corrected chi connectivity index (χ0v) is 13.3. The van der Waals surface area contributed by atoms with Crippen molar-refractivity contribution in [3.8, 4) is 0 Å². The van der Waals surface area contributed by atoms with Crippen LogP contribution in [0.25, 0.3) is 6.08 Å². The summed E-state index contributed by atoms with van der Waals surface area (Å²) in [7, 11) is 0. The van der Waals surface area contributed by atoms with E-state index < -0.39 is 23.8 Å². The van der Waals surface area contributed by atoms with Crippen molar-refractivity contribution in [1.29, 1.82) is 0 Å². The third kappa shape index (κ3) is 6.83. The Morgan fingerprint density at radius 1 is 1.14 bits per heavy atom. The van der Waals surface area contributed by atoms with E-state index in [1.54, 1.807) is 32.9 Å². The van der Waals surface area contributed by atoms with Gasteiger partial charge < -0.3 is 10.1 Å². The molecule has 0 bridgehead atoms. The van der Waals surface area contributed by atoms with Crippen LogP contribution < -0.4 is 5.32 Å². The fourth-order valence-corrected chi connectivity index (χ4v) is 1.70. The molecule has 1 rings (SSSR count). The lowest BCUT2D eigenvalue weighted by atomic mass is 10.1. The van der Waals surface area contributed by atoms with E-state index in [1.807, 2.05) is 18.2 Å². The van der Waals surface area contributed by atoms with E-state index in [2.05, 4.69) is 5.32 Å². The van der Waals surface area contributed by atoms with Gasteiger partial charge >= 0.3 is 5.97 Å². The van der Waals surface area contributed by atoms with E-state index in [4.69, 9.17) is 4.74 Å². The summed E-state index contributed by atoms with van der Waals surface area (Å²) in [5.41, 5.74) is 0.169. The molecule has 1 amide bonds. The number of carbonyl (C=O) groups is 3. The van der Waals surface area contributed by atoms with Gasteiger partial charge in [0.1, 0.15) is 12.0 Å². The molecule has 0 aliphatic rings. The lowest BCUT2D eigenvalue weighted by molar-refractivity contribution is -0.155. The molecule has 0 aromatic heterocycles. The van der Waals surface area contributed by atoms with Crippen LogP contribution in [0.2, 0.25) is 0 Å². The van der Waals surface area contributed by atoms with Crippen LogP contribution in [-0.2, 0) is 19.1 Å². The highest BCUT2D eigenvalue weighted by molar-refractivity contribution is 6.09. The zero-order chi connectivity index (χ0) is 16.8. The van der Waals surface area contributed by atoms with E-state index in [0.717, 1.165) is 5.56 Å². The lowest BCUT2D eigenvalue weighted by Crippen LogP contribution is -2.29. The number of rotatable bonds is 5. The van der Waals surface area contributed by atoms with Crippen LogP contribution in [0.5, 0.6) is 0 Å². The predicted octanol–water partition coefficient (Wildman–Crippen LogP) is 2.46. The number of hydrogen-bond acceptors (Lipinski definition) is 4. The highest BCUT2D eigenvalue weighted by atomic mass is 16.6. The molecule has 1 N–H and O–H groups in total. The molecule has 118 valence electrons. The van der Waals surface area contributed by atoms with Gasteiger partial charge in [0.15, 0.2) is 5.78 Å². The second kappa shape index (κ2) is 7.54. The topological polar surface area (TPSA) is 72.5 Å². The Morgan fingerprint density at radius 2 is 1.73 bits per heavy atom. The Balaban J connectivity index is 2.88. The molecule has 0 atom stereocenters. The molecule has 22 heavy (non-hydrogen) atoms. The highest BCUT2D eigenvalue weighted by Gasteiger charge is 2.21. The molecule has 0 saturated heterocycles. The van der Waals surface area contributed by atoms with E-state index in [0.29, 0.717) is 0 Å². The zero-order valence-electron chi connectivity index (χ0n) is 13.3. The number of allylic oxidation sites excluding steroid dienone is 1. The van der Waals surface area contributed by atoms with Crippen molar-refractivity contribution in [2.24, 2.45) is 0 Å². The second-order valence-electron chi connectivity index (χ2n) is 5.84. The van der Waals surface area contributed by atoms with Gasteiger partial charge in [0, 0.05) is 6.92 Å². The van der Waals surface area contributed by atoms with E-state index in [-0.39, 0.29) is 11.6 Å². The maximum absolute atomic E-state index is 12.2. The number of Topliss-reactive ketones (excluding diaryl/α,β-unsaturated/α-hetero) is 1. The summed E-state index contributed by atoms with van der Waals surface area (Å²) in [5, 5.41) is 2.46. The third-order valence-electron chi connectivity index (χ3n) is 2.45. The third-order valence-corrected chi connectivity index (χ3v) is 2.45. The average Bonchev–Trinajstić information content (AvgIpc) is 2.36. The van der Waals surface area contributed by atoms with Crippen LogP contribution in [0.15, 0.2) is 36.0 Å². The Hall–Kier alpha value is -2.43. The Kier molecular flexibility index (Phi) is 6.04.